The number of furan rings is 1. The highest BCUT2D eigenvalue weighted by molar-refractivity contribution is 5.90. The molecule has 0 radical (unpaired) electrons. The molecular weight excluding hydrogens is 474 g/mol. The lowest BCUT2D eigenvalue weighted by molar-refractivity contribution is 0.146. The second-order valence-corrected chi connectivity index (χ2v) is 7.99. The number of nitrogen functional groups attached to an aromatic ring is 1. The first kappa shape index (κ1) is 14.0. The van der Waals surface area contributed by atoms with Crippen LogP contribution in [0.1, 0.15) is 15.1 Å². The molecule has 5 aromatic rings. The van der Waals surface area contributed by atoms with Gasteiger partial charge >= 0.3 is 0 Å². The predicted octanol–water partition coefficient (Wildman–Crippen LogP) is 2.16. The van der Waals surface area contributed by atoms with E-state index < -0.39 is 33.1 Å². The van der Waals surface area contributed by atoms with E-state index in [1.807, 2.05) is 0 Å². The van der Waals surface area contributed by atoms with Gasteiger partial charge in [-0.05, 0) is 36.4 Å². The first-order chi connectivity index (χ1) is 22.3. The average Bonchev–Trinajstić information content (AvgIpc) is 3.70. The summed E-state index contributed by atoms with van der Waals surface area (Å²) >= 11 is 0. The summed E-state index contributed by atoms with van der Waals surface area (Å²) in [6.45, 7) is -10.9. The number of ether oxygens (including phenoxy) is 2. The van der Waals surface area contributed by atoms with E-state index in [-0.39, 0.29) is 43.6 Å². The van der Waals surface area contributed by atoms with Crippen molar-refractivity contribution < 1.29 is 29.0 Å². The SMILES string of the molecule is [2H]C([2H])([2H])OC([2H])([2H])C([2H])([2H])Oc1ccc(N2C([2H])([2H])CN(CCn3ncc4c3nc(N)n3nc(-c5ccco5)nc43)CC2([2H])[2H])cc1. The quantitative estimate of drug-likeness (QED) is 0.313. The Morgan fingerprint density at radius 3 is 2.76 bits per heavy atom. The predicted molar refractivity (Wildman–Crippen MR) is 139 cm³/mol. The van der Waals surface area contributed by atoms with Gasteiger partial charge < -0.3 is 24.5 Å². The smallest absolute Gasteiger partial charge is 0.225 e. The zero-order valence-corrected chi connectivity index (χ0v) is 19.3. The van der Waals surface area contributed by atoms with Crippen LogP contribution in [0.15, 0.2) is 53.3 Å². The number of anilines is 2. The van der Waals surface area contributed by atoms with Gasteiger partial charge in [-0.25, -0.2) is 9.67 Å². The molecule has 12 heteroatoms. The van der Waals surface area contributed by atoms with Gasteiger partial charge in [-0.1, -0.05) is 0 Å². The summed E-state index contributed by atoms with van der Waals surface area (Å²) in [6, 6.07) is 8.41. The lowest BCUT2D eigenvalue weighted by Gasteiger charge is -2.36. The molecule has 6 rings (SSSR count). The Kier molecular flexibility index (Phi) is 3.80. The van der Waals surface area contributed by atoms with Gasteiger partial charge in [-0.3, -0.25) is 4.90 Å². The molecule has 0 unspecified atom stereocenters. The van der Waals surface area contributed by atoms with Crippen LogP contribution in [-0.2, 0) is 11.3 Å². The Balaban J connectivity index is 1.16. The molecule has 37 heavy (non-hydrogen) atoms. The third-order valence-electron chi connectivity index (χ3n) is 5.73. The Bertz CT molecular complexity index is 1910. The van der Waals surface area contributed by atoms with Gasteiger partial charge in [0.15, 0.2) is 17.1 Å². The first-order valence-corrected chi connectivity index (χ1v) is 11.2. The van der Waals surface area contributed by atoms with E-state index in [0.717, 1.165) is 4.90 Å². The maximum atomic E-state index is 8.76. The highest BCUT2D eigenvalue weighted by atomic mass is 16.5. The van der Waals surface area contributed by atoms with E-state index in [1.54, 1.807) is 27.9 Å². The van der Waals surface area contributed by atoms with Crippen LogP contribution >= 0.6 is 0 Å². The molecule has 1 aliphatic rings. The number of nitrogens with two attached hydrogens (primary N) is 1. The van der Waals surface area contributed by atoms with Crippen molar-refractivity contribution in [1.29, 1.82) is 0 Å². The second-order valence-electron chi connectivity index (χ2n) is 7.99. The van der Waals surface area contributed by atoms with Crippen LogP contribution in [0.2, 0.25) is 0 Å². The Morgan fingerprint density at radius 2 is 1.97 bits per heavy atom. The first-order valence-electron chi connectivity index (χ1n) is 16.7. The molecule has 0 spiro atoms. The van der Waals surface area contributed by atoms with Gasteiger partial charge in [-0.2, -0.15) is 14.6 Å². The van der Waals surface area contributed by atoms with Crippen molar-refractivity contribution in [3.8, 4) is 17.3 Å². The number of piperazine rings is 1. The number of rotatable bonds is 9. The molecule has 12 nitrogen and oxygen atoms in total. The largest absolute Gasteiger partial charge is 0.491 e. The molecule has 2 N–H and O–H groups in total. The van der Waals surface area contributed by atoms with Gasteiger partial charge in [0, 0.05) is 45.4 Å². The van der Waals surface area contributed by atoms with Crippen LogP contribution in [0.4, 0.5) is 11.6 Å². The van der Waals surface area contributed by atoms with Gasteiger partial charge in [0.25, 0.3) is 0 Å². The number of nitrogens with zero attached hydrogens (tertiary/aromatic N) is 8. The van der Waals surface area contributed by atoms with Gasteiger partial charge in [-0.15, -0.1) is 5.10 Å². The molecule has 0 amide bonds. The zero-order chi connectivity index (χ0) is 34.9. The third kappa shape index (κ3) is 4.68. The number of fused-ring (bicyclic) bond motifs is 3. The van der Waals surface area contributed by atoms with Crippen molar-refractivity contribution >= 4 is 28.3 Å². The summed E-state index contributed by atoms with van der Waals surface area (Å²) in [7, 11) is -3.23. The van der Waals surface area contributed by atoms with Crippen molar-refractivity contribution in [2.75, 3.05) is 63.4 Å². The molecule has 0 saturated carbocycles. The minimum absolute atomic E-state index is 0.0704. The molecule has 1 aromatic carbocycles. The second kappa shape index (κ2) is 10.1. The van der Waals surface area contributed by atoms with Crippen LogP contribution in [0.3, 0.4) is 0 Å². The number of aromatic nitrogens is 6. The molecule has 0 bridgehead atoms. The van der Waals surface area contributed by atoms with Gasteiger partial charge in [0.1, 0.15) is 12.3 Å². The molecule has 1 aliphatic heterocycles. The summed E-state index contributed by atoms with van der Waals surface area (Å²) in [6.07, 6.45) is 3.07. The summed E-state index contributed by atoms with van der Waals surface area (Å²) in [4.78, 5) is 11.6. The molecule has 4 aromatic heterocycles. The van der Waals surface area contributed by atoms with E-state index in [1.165, 1.54) is 35.0 Å². The van der Waals surface area contributed by atoms with Crippen LogP contribution in [0.25, 0.3) is 28.3 Å². The fourth-order valence-corrected chi connectivity index (χ4v) is 3.92. The van der Waals surface area contributed by atoms with Gasteiger partial charge in [0.05, 0.1) is 46.0 Å². The molecular formula is C25H29N9O3. The van der Waals surface area contributed by atoms with E-state index in [9.17, 15) is 0 Å². The van der Waals surface area contributed by atoms with Crippen molar-refractivity contribution in [2.45, 2.75) is 6.54 Å². The number of hydrogen-bond acceptors (Lipinski definition) is 10. The molecule has 5 heterocycles. The summed E-state index contributed by atoms with van der Waals surface area (Å²) in [5.41, 5.74) is 7.13. The summed E-state index contributed by atoms with van der Waals surface area (Å²) in [5.74, 6) is 0.627. The normalized spacial score (nSPS) is 22.9. The van der Waals surface area contributed by atoms with E-state index in [4.69, 9.17) is 30.0 Å². The van der Waals surface area contributed by atoms with Crippen molar-refractivity contribution in [2.24, 2.45) is 0 Å². The Hall–Kier alpha value is -4.16. The van der Waals surface area contributed by atoms with Crippen molar-refractivity contribution in [3.63, 3.8) is 0 Å². The topological polar surface area (TPSA) is 125 Å². The molecule has 0 atom stereocenters. The summed E-state index contributed by atoms with van der Waals surface area (Å²) in [5, 5.41) is 9.36. The Morgan fingerprint density at radius 1 is 1.11 bits per heavy atom. The molecule has 1 fully saturated rings. The molecule has 1 saturated heterocycles. The number of benzene rings is 1. The standard InChI is InChI=1S/C25H29N9O3/c1-35-15-16-36-19-6-4-18(5-7-19)32-11-8-31(9-12-32)10-13-33-23-20(17-27-33)24-28-22(21-3-2-14-37-21)30-34(24)25(26)29-23/h2-7,14,17H,8-13,15-16H2,1H3,(H2,26,29)/i1D3,11D2,12D2,15D2,16D2. The zero-order valence-electron chi connectivity index (χ0n) is 30.3. The fourth-order valence-electron chi connectivity index (χ4n) is 3.92. The van der Waals surface area contributed by atoms with E-state index in [0.29, 0.717) is 28.3 Å². The summed E-state index contributed by atoms with van der Waals surface area (Å²) < 4.78 is 105. The lowest BCUT2D eigenvalue weighted by Crippen LogP contribution is -2.47. The third-order valence-corrected chi connectivity index (χ3v) is 5.73. The van der Waals surface area contributed by atoms with Crippen molar-refractivity contribution in [1.82, 2.24) is 34.3 Å². The van der Waals surface area contributed by atoms with Gasteiger partial charge in [0.2, 0.25) is 11.8 Å². The lowest BCUT2D eigenvalue weighted by atomic mass is 10.2. The average molecular weight is 515 g/mol. The highest BCUT2D eigenvalue weighted by Crippen LogP contribution is 2.24. The maximum Gasteiger partial charge on any atom is 0.225 e. The Labute approximate surface area is 228 Å². The van der Waals surface area contributed by atoms with Crippen LogP contribution in [-0.4, -0.2) is 87.0 Å². The van der Waals surface area contributed by atoms with Crippen LogP contribution < -0.4 is 15.4 Å². The van der Waals surface area contributed by atoms with Crippen LogP contribution in [0, 0.1) is 0 Å². The van der Waals surface area contributed by atoms with E-state index >= 15 is 0 Å². The molecule has 192 valence electrons. The maximum absolute atomic E-state index is 8.76. The van der Waals surface area contributed by atoms with E-state index in [2.05, 4.69) is 24.9 Å². The number of methoxy groups -OCH3 is 1. The molecule has 0 aliphatic carbocycles. The highest BCUT2D eigenvalue weighted by Gasteiger charge is 2.20. The minimum Gasteiger partial charge on any atom is -0.491 e. The monoisotopic (exact) mass is 514 g/mol. The van der Waals surface area contributed by atoms with Crippen molar-refractivity contribution in [3.05, 3.63) is 48.9 Å². The minimum atomic E-state index is -3.35. The fraction of sp³-hybridized carbons (Fsp3) is 0.360. The van der Waals surface area contributed by atoms with Crippen LogP contribution in [0.5, 0.6) is 5.75 Å². The number of hydrogen-bond donors (Lipinski definition) is 1.